The second kappa shape index (κ2) is 7.72. The Morgan fingerprint density at radius 1 is 0.900 bits per heavy atom. The maximum atomic E-state index is 12.9. The highest BCUT2D eigenvalue weighted by atomic mass is 32.1. The number of anilines is 1. The average Bonchev–Trinajstić information content (AvgIpc) is 3.23. The SMILES string of the molecule is O=C(Nc1ccc(C(=O)N2CCc3ccccc3C2)cc1)c1nsc2ccccc12. The summed E-state index contributed by atoms with van der Waals surface area (Å²) in [7, 11) is 0. The standard InChI is InChI=1S/C24H19N3O2S/c28-23(22-20-7-3-4-8-21(20)30-26-22)25-19-11-9-17(10-12-19)24(29)27-14-13-16-5-1-2-6-18(16)15-27/h1-12H,13-15H2,(H,25,28). The van der Waals surface area contributed by atoms with Crippen LogP contribution in [0.4, 0.5) is 5.69 Å². The summed E-state index contributed by atoms with van der Waals surface area (Å²) >= 11 is 1.31. The third kappa shape index (κ3) is 3.46. The predicted octanol–water partition coefficient (Wildman–Crippen LogP) is 4.75. The summed E-state index contributed by atoms with van der Waals surface area (Å²) in [5.41, 5.74) is 4.19. The van der Waals surface area contributed by atoms with Crippen molar-refractivity contribution in [3.63, 3.8) is 0 Å². The van der Waals surface area contributed by atoms with Crippen molar-refractivity contribution >= 4 is 39.1 Å². The molecule has 0 radical (unpaired) electrons. The van der Waals surface area contributed by atoms with Crippen molar-refractivity contribution in [2.24, 2.45) is 0 Å². The molecule has 30 heavy (non-hydrogen) atoms. The molecule has 1 N–H and O–H groups in total. The Labute approximate surface area is 178 Å². The Kier molecular flexibility index (Phi) is 4.77. The first-order valence-corrected chi connectivity index (χ1v) is 10.6. The van der Waals surface area contributed by atoms with Crippen molar-refractivity contribution in [1.29, 1.82) is 0 Å². The molecule has 5 rings (SSSR count). The highest BCUT2D eigenvalue weighted by molar-refractivity contribution is 7.13. The first kappa shape index (κ1) is 18.5. The number of carbonyl (C=O) groups excluding carboxylic acids is 2. The summed E-state index contributed by atoms with van der Waals surface area (Å²) in [4.78, 5) is 27.4. The molecule has 0 fully saturated rings. The first-order chi connectivity index (χ1) is 14.7. The number of nitrogens with one attached hydrogen (secondary N) is 1. The van der Waals surface area contributed by atoms with E-state index in [0.717, 1.165) is 16.5 Å². The quantitative estimate of drug-likeness (QED) is 0.527. The maximum absolute atomic E-state index is 12.9. The molecule has 0 unspecified atom stereocenters. The first-order valence-electron chi connectivity index (χ1n) is 9.81. The van der Waals surface area contributed by atoms with Gasteiger partial charge in [-0.2, -0.15) is 4.37 Å². The summed E-state index contributed by atoms with van der Waals surface area (Å²) < 4.78 is 5.26. The minimum absolute atomic E-state index is 0.00729. The van der Waals surface area contributed by atoms with E-state index >= 15 is 0 Å². The molecular formula is C24H19N3O2S. The Balaban J connectivity index is 1.29. The van der Waals surface area contributed by atoms with Crippen molar-refractivity contribution in [2.75, 3.05) is 11.9 Å². The zero-order chi connectivity index (χ0) is 20.5. The van der Waals surface area contributed by atoms with E-state index < -0.39 is 0 Å². The lowest BCUT2D eigenvalue weighted by Gasteiger charge is -2.29. The van der Waals surface area contributed by atoms with Gasteiger partial charge in [0.05, 0.1) is 4.70 Å². The number of hydrogen-bond donors (Lipinski definition) is 1. The van der Waals surface area contributed by atoms with Gasteiger partial charge in [-0.05, 0) is 59.4 Å². The van der Waals surface area contributed by atoms with Crippen LogP contribution >= 0.6 is 11.5 Å². The van der Waals surface area contributed by atoms with Gasteiger partial charge in [0.25, 0.3) is 11.8 Å². The van der Waals surface area contributed by atoms with E-state index in [1.165, 1.54) is 22.7 Å². The van der Waals surface area contributed by atoms with Gasteiger partial charge in [-0.15, -0.1) is 0 Å². The topological polar surface area (TPSA) is 62.3 Å². The fraction of sp³-hybridized carbons (Fsp3) is 0.125. The number of amides is 2. The van der Waals surface area contributed by atoms with Crippen LogP contribution in [-0.4, -0.2) is 27.6 Å². The van der Waals surface area contributed by atoms with Crippen LogP contribution in [0.5, 0.6) is 0 Å². The largest absolute Gasteiger partial charge is 0.334 e. The monoisotopic (exact) mass is 413 g/mol. The van der Waals surface area contributed by atoms with Crippen molar-refractivity contribution in [3.8, 4) is 0 Å². The van der Waals surface area contributed by atoms with Crippen LogP contribution < -0.4 is 5.32 Å². The number of nitrogens with zero attached hydrogens (tertiary/aromatic N) is 2. The molecule has 0 atom stereocenters. The molecule has 6 heteroatoms. The van der Waals surface area contributed by atoms with E-state index in [-0.39, 0.29) is 11.8 Å². The summed E-state index contributed by atoms with van der Waals surface area (Å²) in [5.74, 6) is -0.243. The van der Waals surface area contributed by atoms with Gasteiger partial charge in [-0.3, -0.25) is 9.59 Å². The molecule has 2 heterocycles. The molecule has 1 aromatic heterocycles. The summed E-state index contributed by atoms with van der Waals surface area (Å²) in [6.45, 7) is 1.34. The van der Waals surface area contributed by atoms with Crippen LogP contribution in [0.15, 0.2) is 72.8 Å². The van der Waals surface area contributed by atoms with Crippen LogP contribution in [0.2, 0.25) is 0 Å². The fourth-order valence-electron chi connectivity index (χ4n) is 3.79. The van der Waals surface area contributed by atoms with Gasteiger partial charge in [0, 0.05) is 29.7 Å². The van der Waals surface area contributed by atoms with E-state index in [1.807, 2.05) is 41.3 Å². The third-order valence-corrected chi connectivity index (χ3v) is 6.23. The zero-order valence-electron chi connectivity index (χ0n) is 16.2. The molecule has 0 bridgehead atoms. The van der Waals surface area contributed by atoms with E-state index in [1.54, 1.807) is 24.3 Å². The van der Waals surface area contributed by atoms with Crippen LogP contribution in [0, 0.1) is 0 Å². The molecule has 0 spiro atoms. The van der Waals surface area contributed by atoms with Gasteiger partial charge < -0.3 is 10.2 Å². The lowest BCUT2D eigenvalue weighted by molar-refractivity contribution is 0.0734. The molecular weight excluding hydrogens is 394 g/mol. The van der Waals surface area contributed by atoms with Gasteiger partial charge in [-0.1, -0.05) is 42.5 Å². The van der Waals surface area contributed by atoms with Crippen molar-refractivity contribution < 1.29 is 9.59 Å². The van der Waals surface area contributed by atoms with Crippen LogP contribution in [0.1, 0.15) is 32.0 Å². The maximum Gasteiger partial charge on any atom is 0.276 e. The van der Waals surface area contributed by atoms with Crippen molar-refractivity contribution in [1.82, 2.24) is 9.27 Å². The molecule has 0 saturated heterocycles. The second-order valence-corrected chi connectivity index (χ2v) is 8.11. The molecule has 2 amide bonds. The van der Waals surface area contributed by atoms with Crippen molar-refractivity contribution in [2.45, 2.75) is 13.0 Å². The van der Waals surface area contributed by atoms with Gasteiger partial charge in [0.15, 0.2) is 0 Å². The molecule has 1 aliphatic heterocycles. The molecule has 0 aliphatic carbocycles. The van der Waals surface area contributed by atoms with Crippen LogP contribution in [0.3, 0.4) is 0 Å². The number of aromatic nitrogens is 1. The lowest BCUT2D eigenvalue weighted by Crippen LogP contribution is -2.35. The number of fused-ring (bicyclic) bond motifs is 2. The summed E-state index contributed by atoms with van der Waals surface area (Å²) in [6.07, 6.45) is 0.873. The molecule has 3 aromatic carbocycles. The number of rotatable bonds is 3. The average molecular weight is 414 g/mol. The van der Waals surface area contributed by atoms with Gasteiger partial charge in [0.1, 0.15) is 5.69 Å². The van der Waals surface area contributed by atoms with Gasteiger partial charge >= 0.3 is 0 Å². The summed E-state index contributed by atoms with van der Waals surface area (Å²) in [6, 6.07) is 23.0. The number of hydrogen-bond acceptors (Lipinski definition) is 4. The van der Waals surface area contributed by atoms with E-state index in [2.05, 4.69) is 21.8 Å². The van der Waals surface area contributed by atoms with E-state index in [9.17, 15) is 9.59 Å². The molecule has 5 nitrogen and oxygen atoms in total. The Morgan fingerprint density at radius 2 is 1.63 bits per heavy atom. The highest BCUT2D eigenvalue weighted by Crippen LogP contribution is 2.24. The van der Waals surface area contributed by atoms with Crippen LogP contribution in [-0.2, 0) is 13.0 Å². The fourth-order valence-corrected chi connectivity index (χ4v) is 4.56. The number of carbonyl (C=O) groups is 2. The second-order valence-electron chi connectivity index (χ2n) is 7.30. The van der Waals surface area contributed by atoms with Crippen molar-refractivity contribution in [3.05, 3.63) is 95.2 Å². The van der Waals surface area contributed by atoms with E-state index in [4.69, 9.17) is 0 Å². The van der Waals surface area contributed by atoms with Crippen LogP contribution in [0.25, 0.3) is 10.1 Å². The smallest absolute Gasteiger partial charge is 0.276 e. The number of benzene rings is 3. The lowest BCUT2D eigenvalue weighted by atomic mass is 9.99. The molecule has 4 aromatic rings. The van der Waals surface area contributed by atoms with Gasteiger partial charge in [-0.25, -0.2) is 0 Å². The minimum Gasteiger partial charge on any atom is -0.334 e. The Bertz CT molecular complexity index is 1250. The summed E-state index contributed by atoms with van der Waals surface area (Å²) in [5, 5.41) is 3.72. The third-order valence-electron chi connectivity index (χ3n) is 5.40. The normalized spacial score (nSPS) is 13.1. The predicted molar refractivity (Wildman–Crippen MR) is 119 cm³/mol. The zero-order valence-corrected chi connectivity index (χ0v) is 17.0. The Hall–Kier alpha value is -3.51. The molecule has 0 saturated carbocycles. The molecule has 1 aliphatic rings. The van der Waals surface area contributed by atoms with E-state index in [0.29, 0.717) is 30.0 Å². The molecule has 148 valence electrons. The van der Waals surface area contributed by atoms with Gasteiger partial charge in [0.2, 0.25) is 0 Å². The minimum atomic E-state index is -0.251. The highest BCUT2D eigenvalue weighted by Gasteiger charge is 2.21. The Morgan fingerprint density at radius 3 is 2.47 bits per heavy atom.